The van der Waals surface area contributed by atoms with Crippen LogP contribution in [0.2, 0.25) is 0 Å². The number of hydrogen-bond acceptors (Lipinski definition) is 5. The van der Waals surface area contributed by atoms with E-state index in [4.69, 9.17) is 10.5 Å². The number of carbonyl (C=O) groups excluding carboxylic acids is 1. The van der Waals surface area contributed by atoms with Gasteiger partial charge in [0.15, 0.2) is 5.65 Å². The van der Waals surface area contributed by atoms with Crippen LogP contribution in [0.1, 0.15) is 36.8 Å². The topological polar surface area (TPSA) is 95.1 Å². The fraction of sp³-hybridized carbons (Fsp3) is 0.316. The molecule has 0 saturated carbocycles. The molecular weight excluding hydrogens is 330 g/mol. The van der Waals surface area contributed by atoms with Crippen molar-refractivity contribution in [2.24, 2.45) is 12.8 Å². The van der Waals surface area contributed by atoms with Gasteiger partial charge in [-0.3, -0.25) is 9.48 Å². The van der Waals surface area contributed by atoms with Crippen LogP contribution in [0.4, 0.5) is 11.4 Å². The normalized spacial score (nSPS) is 11.6. The Kier molecular flexibility index (Phi) is 4.31. The van der Waals surface area contributed by atoms with Crippen molar-refractivity contribution in [2.45, 2.75) is 26.2 Å². The molecule has 0 bridgehead atoms. The summed E-state index contributed by atoms with van der Waals surface area (Å²) in [4.78, 5) is 16.4. The Hall–Kier alpha value is -3.09. The van der Waals surface area contributed by atoms with Gasteiger partial charge in [-0.1, -0.05) is 26.8 Å². The molecule has 136 valence electrons. The number of methoxy groups -OCH3 is 1. The molecule has 0 aliphatic rings. The molecule has 0 saturated heterocycles. The van der Waals surface area contributed by atoms with Crippen molar-refractivity contribution in [1.82, 2.24) is 14.8 Å². The lowest BCUT2D eigenvalue weighted by Gasteiger charge is -2.18. The summed E-state index contributed by atoms with van der Waals surface area (Å²) < 4.78 is 7.00. The maximum absolute atomic E-state index is 12.0. The number of aryl methyl sites for hydroxylation is 1. The monoisotopic (exact) mass is 353 g/mol. The Balaban J connectivity index is 2.29. The Labute approximate surface area is 152 Å². The maximum atomic E-state index is 12.0. The van der Waals surface area contributed by atoms with Crippen molar-refractivity contribution < 1.29 is 9.53 Å². The number of rotatable bonds is 4. The number of anilines is 2. The largest absolute Gasteiger partial charge is 0.497 e. The lowest BCUT2D eigenvalue weighted by atomic mass is 9.89. The van der Waals surface area contributed by atoms with Gasteiger partial charge in [0.1, 0.15) is 5.75 Å². The van der Waals surface area contributed by atoms with Crippen LogP contribution in [0.3, 0.4) is 0 Å². The molecule has 1 amide bonds. The Morgan fingerprint density at radius 2 is 2.04 bits per heavy atom. The average molecular weight is 353 g/mol. The Bertz CT molecular complexity index is 985. The highest BCUT2D eigenvalue weighted by Crippen LogP contribution is 2.36. The molecule has 3 N–H and O–H groups in total. The summed E-state index contributed by atoms with van der Waals surface area (Å²) in [7, 11) is 3.45. The SMILES string of the molecule is COc1cccc(Nc2c(C(N)=O)cnc3c2c(C(C)(C)C)nn3C)c1. The molecule has 0 aliphatic heterocycles. The van der Waals surface area contributed by atoms with Crippen molar-refractivity contribution in [1.29, 1.82) is 0 Å². The van der Waals surface area contributed by atoms with Gasteiger partial charge in [-0.15, -0.1) is 0 Å². The van der Waals surface area contributed by atoms with Crippen LogP contribution in [-0.4, -0.2) is 27.8 Å². The minimum atomic E-state index is -0.548. The number of hydrogen-bond donors (Lipinski definition) is 2. The van der Waals surface area contributed by atoms with Crippen molar-refractivity contribution in [3.8, 4) is 5.75 Å². The van der Waals surface area contributed by atoms with E-state index in [0.29, 0.717) is 22.6 Å². The van der Waals surface area contributed by atoms with Gasteiger partial charge >= 0.3 is 0 Å². The van der Waals surface area contributed by atoms with Crippen LogP contribution in [0.25, 0.3) is 11.0 Å². The third kappa shape index (κ3) is 3.08. The third-order valence-corrected chi connectivity index (χ3v) is 4.17. The number of fused-ring (bicyclic) bond motifs is 1. The lowest BCUT2D eigenvalue weighted by Crippen LogP contribution is -2.16. The molecule has 26 heavy (non-hydrogen) atoms. The molecule has 3 rings (SSSR count). The summed E-state index contributed by atoms with van der Waals surface area (Å²) in [6, 6.07) is 7.47. The highest BCUT2D eigenvalue weighted by atomic mass is 16.5. The fourth-order valence-electron chi connectivity index (χ4n) is 2.91. The van der Waals surface area contributed by atoms with Gasteiger partial charge in [-0.2, -0.15) is 5.10 Å². The molecule has 0 unspecified atom stereocenters. The first-order valence-electron chi connectivity index (χ1n) is 8.29. The molecule has 3 aromatic rings. The zero-order valence-electron chi connectivity index (χ0n) is 15.6. The molecule has 0 spiro atoms. The van der Waals surface area contributed by atoms with Gasteiger partial charge in [0.25, 0.3) is 5.91 Å². The summed E-state index contributed by atoms with van der Waals surface area (Å²) in [5, 5.41) is 8.75. The average Bonchev–Trinajstić information content (AvgIpc) is 2.93. The molecule has 0 atom stereocenters. The van der Waals surface area contributed by atoms with E-state index in [1.165, 1.54) is 6.20 Å². The van der Waals surface area contributed by atoms with Crippen LogP contribution >= 0.6 is 0 Å². The summed E-state index contributed by atoms with van der Waals surface area (Å²) in [6.07, 6.45) is 1.49. The molecule has 7 heteroatoms. The molecule has 1 aromatic carbocycles. The number of nitrogens with zero attached hydrogens (tertiary/aromatic N) is 3. The molecule has 7 nitrogen and oxygen atoms in total. The van der Waals surface area contributed by atoms with Gasteiger partial charge in [-0.25, -0.2) is 4.98 Å². The van der Waals surface area contributed by atoms with E-state index in [-0.39, 0.29) is 5.41 Å². The first-order chi connectivity index (χ1) is 12.2. The second kappa shape index (κ2) is 6.33. The summed E-state index contributed by atoms with van der Waals surface area (Å²) in [6.45, 7) is 6.21. The molecule has 0 radical (unpaired) electrons. The van der Waals surface area contributed by atoms with E-state index in [0.717, 1.165) is 16.8 Å². The molecule has 2 aromatic heterocycles. The third-order valence-electron chi connectivity index (χ3n) is 4.17. The number of carbonyl (C=O) groups is 1. The second-order valence-electron chi connectivity index (χ2n) is 7.19. The van der Waals surface area contributed by atoms with E-state index in [9.17, 15) is 4.79 Å². The van der Waals surface area contributed by atoms with Crippen molar-refractivity contribution >= 4 is 28.3 Å². The number of amides is 1. The van der Waals surface area contributed by atoms with Crippen LogP contribution < -0.4 is 15.8 Å². The predicted octanol–water partition coefficient (Wildman–Crippen LogP) is 3.12. The zero-order valence-corrected chi connectivity index (χ0v) is 15.6. The zero-order chi connectivity index (χ0) is 19.1. The molecule has 2 heterocycles. The van der Waals surface area contributed by atoms with E-state index in [1.807, 2.05) is 31.3 Å². The smallest absolute Gasteiger partial charge is 0.252 e. The van der Waals surface area contributed by atoms with Crippen LogP contribution in [0.5, 0.6) is 5.75 Å². The summed E-state index contributed by atoms with van der Waals surface area (Å²) >= 11 is 0. The molecular formula is C19H23N5O2. The van der Waals surface area contributed by atoms with Crippen LogP contribution in [0, 0.1) is 0 Å². The van der Waals surface area contributed by atoms with Gasteiger partial charge in [0.05, 0.1) is 29.4 Å². The number of nitrogens with two attached hydrogens (primary N) is 1. The minimum absolute atomic E-state index is 0.234. The molecule has 0 aliphatic carbocycles. The van der Waals surface area contributed by atoms with Gasteiger partial charge in [0.2, 0.25) is 0 Å². The summed E-state index contributed by atoms with van der Waals surface area (Å²) in [5.74, 6) is 0.164. The highest BCUT2D eigenvalue weighted by molar-refractivity contribution is 6.08. The number of pyridine rings is 1. The van der Waals surface area contributed by atoms with Crippen molar-refractivity contribution in [2.75, 3.05) is 12.4 Å². The first-order valence-corrected chi connectivity index (χ1v) is 8.29. The summed E-state index contributed by atoms with van der Waals surface area (Å²) in [5.41, 5.74) is 8.61. The minimum Gasteiger partial charge on any atom is -0.497 e. The Morgan fingerprint density at radius 3 is 2.65 bits per heavy atom. The van der Waals surface area contributed by atoms with Gasteiger partial charge in [-0.05, 0) is 12.1 Å². The molecule has 0 fully saturated rings. The standard InChI is InChI=1S/C19H23N5O2/c1-19(2,3)16-14-15(22-11-7-6-8-12(9-11)26-5)13(17(20)25)10-21-18(14)24(4)23-16/h6-10H,1-5H3,(H2,20,25)(H,21,22). The van der Waals surface area contributed by atoms with Crippen molar-refractivity contribution in [3.05, 3.63) is 41.7 Å². The number of primary amides is 1. The quantitative estimate of drug-likeness (QED) is 0.751. The number of nitrogens with one attached hydrogen (secondary N) is 1. The Morgan fingerprint density at radius 1 is 1.31 bits per heavy atom. The number of ether oxygens (including phenoxy) is 1. The van der Waals surface area contributed by atoms with Crippen LogP contribution in [-0.2, 0) is 12.5 Å². The lowest BCUT2D eigenvalue weighted by molar-refractivity contribution is 0.100. The highest BCUT2D eigenvalue weighted by Gasteiger charge is 2.27. The van der Waals surface area contributed by atoms with Crippen molar-refractivity contribution in [3.63, 3.8) is 0 Å². The van der Waals surface area contributed by atoms with Gasteiger partial charge in [0, 0.05) is 30.4 Å². The number of benzene rings is 1. The van der Waals surface area contributed by atoms with Crippen LogP contribution in [0.15, 0.2) is 30.5 Å². The number of aromatic nitrogens is 3. The van der Waals surface area contributed by atoms with E-state index in [2.05, 4.69) is 36.2 Å². The van der Waals surface area contributed by atoms with E-state index < -0.39 is 5.91 Å². The fourth-order valence-corrected chi connectivity index (χ4v) is 2.91. The first kappa shape index (κ1) is 17.7. The van der Waals surface area contributed by atoms with E-state index in [1.54, 1.807) is 11.8 Å². The second-order valence-corrected chi connectivity index (χ2v) is 7.19. The maximum Gasteiger partial charge on any atom is 0.252 e. The predicted molar refractivity (Wildman–Crippen MR) is 102 cm³/mol. The van der Waals surface area contributed by atoms with E-state index >= 15 is 0 Å². The van der Waals surface area contributed by atoms with Gasteiger partial charge < -0.3 is 15.8 Å².